The molecule has 0 aliphatic carbocycles. The number of benzene rings is 2. The Morgan fingerprint density at radius 3 is 2.53 bits per heavy atom. The number of hydrogen-bond acceptors (Lipinski definition) is 2. The molecule has 0 aromatic heterocycles. The van der Waals surface area contributed by atoms with E-state index in [9.17, 15) is 4.39 Å². The van der Waals surface area contributed by atoms with Crippen molar-refractivity contribution in [1.82, 2.24) is 5.43 Å². The van der Waals surface area contributed by atoms with Gasteiger partial charge in [-0.2, -0.15) is 5.10 Å². The fourth-order valence-electron chi connectivity index (χ4n) is 1.64. The summed E-state index contributed by atoms with van der Waals surface area (Å²) in [6.45, 7) is 0. The van der Waals surface area contributed by atoms with Crippen LogP contribution in [0.2, 0.25) is 0 Å². The predicted octanol–water partition coefficient (Wildman–Crippen LogP) is 2.66. The van der Waals surface area contributed by atoms with Crippen LogP contribution in [0.1, 0.15) is 5.56 Å². The van der Waals surface area contributed by atoms with Gasteiger partial charge in [0.1, 0.15) is 5.82 Å². The number of nitrogens with one attached hydrogen (secondary N) is 1. The summed E-state index contributed by atoms with van der Waals surface area (Å²) in [5.41, 5.74) is 10.3. The van der Waals surface area contributed by atoms with E-state index in [2.05, 4.69) is 22.7 Å². The first-order valence-electron chi connectivity index (χ1n) is 5.59. The number of hydrazone groups is 1. The Morgan fingerprint density at radius 2 is 1.84 bits per heavy atom. The Morgan fingerprint density at radius 1 is 1.16 bits per heavy atom. The zero-order valence-electron chi connectivity index (χ0n) is 10.0. The first-order chi connectivity index (χ1) is 9.15. The van der Waals surface area contributed by atoms with Crippen LogP contribution < -0.4 is 11.2 Å². The van der Waals surface area contributed by atoms with Gasteiger partial charge in [0, 0.05) is 0 Å². The molecule has 0 aliphatic heterocycles. The summed E-state index contributed by atoms with van der Waals surface area (Å²) in [7, 11) is 0. The first-order valence-corrected chi connectivity index (χ1v) is 6.00. The van der Waals surface area contributed by atoms with E-state index >= 15 is 0 Å². The van der Waals surface area contributed by atoms with Crippen LogP contribution in [0.5, 0.6) is 0 Å². The molecule has 19 heavy (non-hydrogen) atoms. The Balaban J connectivity index is 2.24. The summed E-state index contributed by atoms with van der Waals surface area (Å²) >= 11 is 4.64. The van der Waals surface area contributed by atoms with E-state index in [4.69, 9.17) is 5.73 Å². The number of thiocarbonyl (C=S) groups is 1. The molecular weight excluding hydrogens is 261 g/mol. The van der Waals surface area contributed by atoms with Gasteiger partial charge in [0.2, 0.25) is 0 Å². The molecule has 0 unspecified atom stereocenters. The zero-order valence-corrected chi connectivity index (χ0v) is 10.8. The number of rotatable bonds is 3. The highest BCUT2D eigenvalue weighted by molar-refractivity contribution is 7.80. The smallest absolute Gasteiger partial charge is 0.184 e. The fourth-order valence-corrected chi connectivity index (χ4v) is 1.69. The molecule has 2 aromatic carbocycles. The van der Waals surface area contributed by atoms with E-state index in [0.717, 1.165) is 16.7 Å². The summed E-state index contributed by atoms with van der Waals surface area (Å²) in [5.74, 6) is -0.258. The van der Waals surface area contributed by atoms with Gasteiger partial charge in [-0.15, -0.1) is 0 Å². The molecule has 0 amide bonds. The standard InChI is InChI=1S/C14H12FN3S/c15-13-6-2-5-12(8-13)11-4-1-3-10(7-11)9-17-18-14(16)19/h1-9H,(H3,16,18,19). The maximum absolute atomic E-state index is 13.2. The SMILES string of the molecule is NC(=S)NN=Cc1cccc(-c2cccc(F)c2)c1. The van der Waals surface area contributed by atoms with Crippen LogP contribution in [0.4, 0.5) is 4.39 Å². The molecule has 0 bridgehead atoms. The molecule has 0 atom stereocenters. The Labute approximate surface area is 115 Å². The van der Waals surface area contributed by atoms with Crippen LogP contribution in [0.3, 0.4) is 0 Å². The largest absolute Gasteiger partial charge is 0.375 e. The fraction of sp³-hybridized carbons (Fsp3) is 0. The second-order valence-electron chi connectivity index (χ2n) is 3.87. The topological polar surface area (TPSA) is 50.4 Å². The van der Waals surface area contributed by atoms with E-state index in [1.54, 1.807) is 12.3 Å². The Kier molecular flexibility index (Phi) is 4.20. The van der Waals surface area contributed by atoms with Crippen molar-refractivity contribution >= 4 is 23.5 Å². The Bertz CT molecular complexity index is 626. The molecule has 3 nitrogen and oxygen atoms in total. The van der Waals surface area contributed by atoms with E-state index in [-0.39, 0.29) is 10.9 Å². The monoisotopic (exact) mass is 273 g/mol. The van der Waals surface area contributed by atoms with Gasteiger partial charge in [-0.1, -0.05) is 30.3 Å². The van der Waals surface area contributed by atoms with Gasteiger partial charge in [0.15, 0.2) is 5.11 Å². The minimum atomic E-state index is -0.258. The third kappa shape index (κ3) is 3.86. The van der Waals surface area contributed by atoms with Crippen LogP contribution >= 0.6 is 12.2 Å². The number of halogens is 1. The lowest BCUT2D eigenvalue weighted by atomic mass is 10.0. The molecule has 2 rings (SSSR count). The predicted molar refractivity (Wildman–Crippen MR) is 79.4 cm³/mol. The van der Waals surface area contributed by atoms with Crippen LogP contribution in [-0.4, -0.2) is 11.3 Å². The van der Waals surface area contributed by atoms with Gasteiger partial charge in [-0.05, 0) is 47.1 Å². The number of nitrogens with two attached hydrogens (primary N) is 1. The zero-order chi connectivity index (χ0) is 13.7. The molecule has 0 saturated carbocycles. The van der Waals surface area contributed by atoms with Crippen molar-refractivity contribution in [1.29, 1.82) is 0 Å². The van der Waals surface area contributed by atoms with Crippen molar-refractivity contribution in [2.45, 2.75) is 0 Å². The second kappa shape index (κ2) is 6.06. The maximum Gasteiger partial charge on any atom is 0.184 e. The lowest BCUT2D eigenvalue weighted by Gasteiger charge is -2.03. The van der Waals surface area contributed by atoms with E-state index in [0.29, 0.717) is 0 Å². The molecule has 0 aliphatic rings. The van der Waals surface area contributed by atoms with Crippen molar-refractivity contribution in [2.75, 3.05) is 0 Å². The summed E-state index contributed by atoms with van der Waals surface area (Å²) < 4.78 is 13.2. The highest BCUT2D eigenvalue weighted by Gasteiger charge is 1.99. The van der Waals surface area contributed by atoms with Crippen molar-refractivity contribution in [3.05, 3.63) is 59.9 Å². The Hall–Kier alpha value is -2.27. The number of nitrogens with zero attached hydrogens (tertiary/aromatic N) is 1. The van der Waals surface area contributed by atoms with Crippen LogP contribution in [0, 0.1) is 5.82 Å². The molecule has 0 spiro atoms. The minimum Gasteiger partial charge on any atom is -0.375 e. The van der Waals surface area contributed by atoms with Gasteiger partial charge in [-0.3, -0.25) is 5.43 Å². The lowest BCUT2D eigenvalue weighted by Crippen LogP contribution is -2.23. The third-order valence-corrected chi connectivity index (χ3v) is 2.52. The summed E-state index contributed by atoms with van der Waals surface area (Å²) in [4.78, 5) is 0. The van der Waals surface area contributed by atoms with Crippen LogP contribution in [-0.2, 0) is 0 Å². The van der Waals surface area contributed by atoms with Crippen LogP contribution in [0.15, 0.2) is 53.6 Å². The van der Waals surface area contributed by atoms with Crippen LogP contribution in [0.25, 0.3) is 11.1 Å². The quantitative estimate of drug-likeness (QED) is 0.513. The molecule has 3 N–H and O–H groups in total. The first kappa shape index (κ1) is 13.2. The molecule has 0 heterocycles. The van der Waals surface area contributed by atoms with Crippen molar-refractivity contribution in [2.24, 2.45) is 10.8 Å². The minimum absolute atomic E-state index is 0.109. The normalized spacial score (nSPS) is 10.6. The highest BCUT2D eigenvalue weighted by atomic mass is 32.1. The van der Waals surface area contributed by atoms with Gasteiger partial charge in [-0.25, -0.2) is 4.39 Å². The summed E-state index contributed by atoms with van der Waals surface area (Å²) in [6.07, 6.45) is 1.60. The maximum atomic E-state index is 13.2. The molecule has 0 radical (unpaired) electrons. The van der Waals surface area contributed by atoms with E-state index < -0.39 is 0 Å². The van der Waals surface area contributed by atoms with Crippen molar-refractivity contribution in [3.8, 4) is 11.1 Å². The van der Waals surface area contributed by atoms with Gasteiger partial charge >= 0.3 is 0 Å². The van der Waals surface area contributed by atoms with Crippen molar-refractivity contribution < 1.29 is 4.39 Å². The molecule has 2 aromatic rings. The van der Waals surface area contributed by atoms with Crippen molar-refractivity contribution in [3.63, 3.8) is 0 Å². The molecule has 96 valence electrons. The van der Waals surface area contributed by atoms with E-state index in [1.807, 2.05) is 30.3 Å². The summed E-state index contributed by atoms with van der Waals surface area (Å²) in [6, 6.07) is 14.0. The highest BCUT2D eigenvalue weighted by Crippen LogP contribution is 2.20. The van der Waals surface area contributed by atoms with E-state index in [1.165, 1.54) is 12.1 Å². The van der Waals surface area contributed by atoms with Gasteiger partial charge in [0.05, 0.1) is 6.21 Å². The third-order valence-electron chi connectivity index (χ3n) is 2.43. The van der Waals surface area contributed by atoms with Gasteiger partial charge in [0.25, 0.3) is 0 Å². The summed E-state index contributed by atoms with van der Waals surface area (Å²) in [5, 5.41) is 3.99. The molecule has 5 heteroatoms. The average Bonchev–Trinajstić information content (AvgIpc) is 2.39. The van der Waals surface area contributed by atoms with Gasteiger partial charge < -0.3 is 5.73 Å². The molecule has 0 fully saturated rings. The lowest BCUT2D eigenvalue weighted by molar-refractivity contribution is 0.628. The molecular formula is C14H12FN3S. The average molecular weight is 273 g/mol. The number of hydrogen-bond donors (Lipinski definition) is 2. The second-order valence-corrected chi connectivity index (χ2v) is 4.31. The molecule has 0 saturated heterocycles.